The second-order valence-corrected chi connectivity index (χ2v) is 8.09. The highest BCUT2D eigenvalue weighted by molar-refractivity contribution is 7.15. The van der Waals surface area contributed by atoms with Crippen molar-refractivity contribution in [3.05, 3.63) is 5.01 Å². The summed E-state index contributed by atoms with van der Waals surface area (Å²) in [6.07, 6.45) is 7.55. The maximum atomic E-state index is 9.80. The summed E-state index contributed by atoms with van der Waals surface area (Å²) in [6, 6.07) is 0. The van der Waals surface area contributed by atoms with Crippen LogP contribution in [0.1, 0.15) is 44.0 Å². The molecule has 3 heterocycles. The van der Waals surface area contributed by atoms with E-state index in [2.05, 4.69) is 26.9 Å². The van der Waals surface area contributed by atoms with Crippen molar-refractivity contribution in [3.63, 3.8) is 0 Å². The fourth-order valence-corrected chi connectivity index (χ4v) is 4.80. The van der Waals surface area contributed by atoms with E-state index in [-0.39, 0.29) is 6.61 Å². The minimum atomic E-state index is 0.287. The topological polar surface area (TPSA) is 52.5 Å². The van der Waals surface area contributed by atoms with E-state index >= 15 is 0 Å². The standard InChI is InChI=1S/C17H30N4OS/c1-2-7-16-18-19-17(23-16)21-11-14(15(12-21)13-22)10-20-8-5-3-4-6-9-20/h14-15,22H,2-13H2,1H3/t14-,15-/m1/s1. The molecule has 1 aromatic rings. The van der Waals surface area contributed by atoms with Gasteiger partial charge in [0.1, 0.15) is 5.01 Å². The zero-order valence-electron chi connectivity index (χ0n) is 14.3. The Hall–Kier alpha value is -0.720. The van der Waals surface area contributed by atoms with Crippen LogP contribution in [-0.4, -0.2) is 59.5 Å². The van der Waals surface area contributed by atoms with Gasteiger partial charge in [-0.3, -0.25) is 0 Å². The van der Waals surface area contributed by atoms with Crippen LogP contribution in [0.25, 0.3) is 0 Å². The van der Waals surface area contributed by atoms with Crippen LogP contribution in [0.3, 0.4) is 0 Å². The van der Waals surface area contributed by atoms with Gasteiger partial charge in [0.2, 0.25) is 5.13 Å². The molecule has 0 amide bonds. The molecule has 3 rings (SSSR count). The molecule has 0 aliphatic carbocycles. The monoisotopic (exact) mass is 338 g/mol. The third-order valence-electron chi connectivity index (χ3n) is 5.19. The van der Waals surface area contributed by atoms with Crippen LogP contribution in [0.5, 0.6) is 0 Å². The number of anilines is 1. The number of hydrogen-bond acceptors (Lipinski definition) is 6. The first-order chi connectivity index (χ1) is 11.3. The van der Waals surface area contributed by atoms with Crippen LogP contribution < -0.4 is 4.90 Å². The molecular weight excluding hydrogens is 308 g/mol. The van der Waals surface area contributed by atoms with Crippen LogP contribution in [-0.2, 0) is 6.42 Å². The Labute approximate surface area is 143 Å². The average Bonchev–Trinajstić information content (AvgIpc) is 3.09. The van der Waals surface area contributed by atoms with Crippen LogP contribution in [0, 0.1) is 11.8 Å². The second kappa shape index (κ2) is 8.40. The first kappa shape index (κ1) is 17.1. The Kier molecular flexibility index (Phi) is 6.25. The fourth-order valence-electron chi connectivity index (χ4n) is 3.85. The highest BCUT2D eigenvalue weighted by Gasteiger charge is 2.35. The van der Waals surface area contributed by atoms with Gasteiger partial charge in [-0.25, -0.2) is 0 Å². The molecule has 2 saturated heterocycles. The molecular formula is C17H30N4OS. The minimum absolute atomic E-state index is 0.287. The predicted molar refractivity (Wildman–Crippen MR) is 95.1 cm³/mol. The quantitative estimate of drug-likeness (QED) is 0.863. The van der Waals surface area contributed by atoms with Crippen molar-refractivity contribution >= 4 is 16.5 Å². The van der Waals surface area contributed by atoms with Gasteiger partial charge in [0.05, 0.1) is 0 Å². The van der Waals surface area contributed by atoms with E-state index in [9.17, 15) is 5.11 Å². The lowest BCUT2D eigenvalue weighted by atomic mass is 9.96. The lowest BCUT2D eigenvalue weighted by Gasteiger charge is -2.26. The zero-order chi connectivity index (χ0) is 16.1. The molecule has 1 aromatic heterocycles. The van der Waals surface area contributed by atoms with Crippen LogP contribution in [0.15, 0.2) is 0 Å². The Morgan fingerprint density at radius 2 is 1.83 bits per heavy atom. The molecule has 0 aromatic carbocycles. The second-order valence-electron chi connectivity index (χ2n) is 7.05. The Morgan fingerprint density at radius 1 is 1.09 bits per heavy atom. The summed E-state index contributed by atoms with van der Waals surface area (Å²) in [4.78, 5) is 4.96. The summed E-state index contributed by atoms with van der Waals surface area (Å²) in [5.74, 6) is 0.924. The van der Waals surface area contributed by atoms with E-state index in [0.717, 1.165) is 42.6 Å². The highest BCUT2D eigenvalue weighted by Crippen LogP contribution is 2.31. The van der Waals surface area contributed by atoms with Gasteiger partial charge >= 0.3 is 0 Å². The van der Waals surface area contributed by atoms with E-state index in [0.29, 0.717) is 11.8 Å². The zero-order valence-corrected chi connectivity index (χ0v) is 15.1. The van der Waals surface area contributed by atoms with Crippen LogP contribution in [0.2, 0.25) is 0 Å². The first-order valence-electron chi connectivity index (χ1n) is 9.20. The van der Waals surface area contributed by atoms with E-state index in [4.69, 9.17) is 0 Å². The van der Waals surface area contributed by atoms with Gasteiger partial charge in [-0.2, -0.15) is 0 Å². The number of aliphatic hydroxyl groups excluding tert-OH is 1. The van der Waals surface area contributed by atoms with Crippen molar-refractivity contribution in [1.29, 1.82) is 0 Å². The molecule has 0 unspecified atom stereocenters. The molecule has 2 aliphatic heterocycles. The molecule has 0 spiro atoms. The summed E-state index contributed by atoms with van der Waals surface area (Å²) < 4.78 is 0. The lowest BCUT2D eigenvalue weighted by molar-refractivity contribution is 0.165. The van der Waals surface area contributed by atoms with Crippen molar-refractivity contribution in [2.24, 2.45) is 11.8 Å². The Bertz CT molecular complexity index is 473. The number of hydrogen-bond donors (Lipinski definition) is 1. The van der Waals surface area contributed by atoms with Crippen molar-refractivity contribution in [3.8, 4) is 0 Å². The third-order valence-corrected chi connectivity index (χ3v) is 6.24. The normalized spacial score (nSPS) is 26.6. The van der Waals surface area contributed by atoms with E-state index < -0.39 is 0 Å². The minimum Gasteiger partial charge on any atom is -0.396 e. The number of nitrogens with zero attached hydrogens (tertiary/aromatic N) is 4. The Morgan fingerprint density at radius 3 is 2.52 bits per heavy atom. The maximum Gasteiger partial charge on any atom is 0.208 e. The molecule has 0 radical (unpaired) electrons. The van der Waals surface area contributed by atoms with Gasteiger partial charge in [-0.05, 0) is 38.3 Å². The van der Waals surface area contributed by atoms with Crippen molar-refractivity contribution in [1.82, 2.24) is 15.1 Å². The summed E-state index contributed by atoms with van der Waals surface area (Å²) in [6.45, 7) is 7.99. The van der Waals surface area contributed by atoms with Gasteiger partial charge in [0.25, 0.3) is 0 Å². The predicted octanol–water partition coefficient (Wildman–Crippen LogP) is 2.41. The molecule has 2 fully saturated rings. The van der Waals surface area contributed by atoms with Crippen LogP contribution in [0.4, 0.5) is 5.13 Å². The molecule has 23 heavy (non-hydrogen) atoms. The molecule has 5 nitrogen and oxygen atoms in total. The third kappa shape index (κ3) is 4.43. The Balaban J connectivity index is 1.60. The molecule has 0 bridgehead atoms. The van der Waals surface area contributed by atoms with E-state index in [1.807, 2.05) is 0 Å². The largest absolute Gasteiger partial charge is 0.396 e. The first-order valence-corrected chi connectivity index (χ1v) is 10.0. The van der Waals surface area contributed by atoms with E-state index in [1.54, 1.807) is 11.3 Å². The van der Waals surface area contributed by atoms with Crippen molar-refractivity contribution < 1.29 is 5.11 Å². The molecule has 2 aliphatic rings. The van der Waals surface area contributed by atoms with Crippen molar-refractivity contribution in [2.45, 2.75) is 45.4 Å². The maximum absolute atomic E-state index is 9.80. The number of aliphatic hydroxyl groups is 1. The van der Waals surface area contributed by atoms with E-state index in [1.165, 1.54) is 38.8 Å². The number of rotatable bonds is 6. The van der Waals surface area contributed by atoms with Gasteiger partial charge in [0.15, 0.2) is 0 Å². The summed E-state index contributed by atoms with van der Waals surface area (Å²) in [5, 5.41) is 20.7. The molecule has 130 valence electrons. The average molecular weight is 339 g/mol. The molecule has 6 heteroatoms. The molecule has 0 saturated carbocycles. The van der Waals surface area contributed by atoms with Gasteiger partial charge < -0.3 is 14.9 Å². The number of aryl methyl sites for hydroxylation is 1. The van der Waals surface area contributed by atoms with Gasteiger partial charge in [-0.1, -0.05) is 31.1 Å². The lowest BCUT2D eigenvalue weighted by Crippen LogP contribution is -2.34. The smallest absolute Gasteiger partial charge is 0.208 e. The number of likely N-dealkylation sites (tertiary alicyclic amines) is 1. The van der Waals surface area contributed by atoms with Crippen LogP contribution >= 0.6 is 11.3 Å². The van der Waals surface area contributed by atoms with Crippen molar-refractivity contribution in [2.75, 3.05) is 44.2 Å². The van der Waals surface area contributed by atoms with Gasteiger partial charge in [0, 0.05) is 38.6 Å². The SMILES string of the molecule is CCCc1nnc(N2C[C@@H](CN3CCCCCC3)[C@@H](CO)C2)s1. The summed E-state index contributed by atoms with van der Waals surface area (Å²) in [5.41, 5.74) is 0. The molecule has 1 N–H and O–H groups in total. The summed E-state index contributed by atoms with van der Waals surface area (Å²) in [7, 11) is 0. The van der Waals surface area contributed by atoms with Gasteiger partial charge in [-0.15, -0.1) is 10.2 Å². The number of aromatic nitrogens is 2. The summed E-state index contributed by atoms with van der Waals surface area (Å²) >= 11 is 1.73. The highest BCUT2D eigenvalue weighted by atomic mass is 32.1. The fraction of sp³-hybridized carbons (Fsp3) is 0.882. The molecule has 2 atom stereocenters.